The average Bonchev–Trinajstić information content (AvgIpc) is 2.54. The van der Waals surface area contributed by atoms with Gasteiger partial charge in [0.2, 0.25) is 0 Å². The van der Waals surface area contributed by atoms with Crippen molar-refractivity contribution in [2.45, 2.75) is 0 Å². The average molecular weight is 160 g/mol. The molecule has 62 valence electrons. The van der Waals surface area contributed by atoms with E-state index in [1.807, 2.05) is 61.2 Å². The second-order valence-electron chi connectivity index (χ2n) is 2.15. The molecule has 0 radical (unpaired) electrons. The summed E-state index contributed by atoms with van der Waals surface area (Å²) in [6, 6.07) is 3.89. The van der Waals surface area contributed by atoms with E-state index in [9.17, 15) is 0 Å². The molecule has 2 heteroatoms. The molecule has 2 rings (SSSR count). The van der Waals surface area contributed by atoms with E-state index in [2.05, 4.69) is 10.3 Å². The fourth-order valence-corrected chi connectivity index (χ4v) is 0.684. The van der Waals surface area contributed by atoms with Crippen LogP contribution in [0.15, 0.2) is 61.2 Å². The van der Waals surface area contributed by atoms with Gasteiger partial charge >= 0.3 is 0 Å². The van der Waals surface area contributed by atoms with Crippen LogP contribution >= 0.6 is 0 Å². The first-order valence-corrected chi connectivity index (χ1v) is 3.82. The zero-order valence-corrected chi connectivity index (χ0v) is 6.77. The van der Waals surface area contributed by atoms with Crippen molar-refractivity contribution in [2.75, 3.05) is 0 Å². The summed E-state index contributed by atoms with van der Waals surface area (Å²) in [4.78, 5) is 2.86. The van der Waals surface area contributed by atoms with Crippen molar-refractivity contribution in [3.63, 3.8) is 0 Å². The zero-order chi connectivity index (χ0) is 8.49. The Kier molecular flexibility index (Phi) is 4.23. The molecule has 1 aliphatic heterocycles. The highest BCUT2D eigenvalue weighted by molar-refractivity contribution is 5.14. The lowest BCUT2D eigenvalue weighted by molar-refractivity contribution is 1.20. The quantitative estimate of drug-likeness (QED) is 0.598. The Labute approximate surface area is 72.3 Å². The molecule has 0 atom stereocenters. The van der Waals surface area contributed by atoms with Gasteiger partial charge in [0.25, 0.3) is 0 Å². The summed E-state index contributed by atoms with van der Waals surface area (Å²) in [6.07, 6.45) is 15.3. The molecule has 2 heterocycles. The van der Waals surface area contributed by atoms with Gasteiger partial charge in [0, 0.05) is 24.8 Å². The van der Waals surface area contributed by atoms with Crippen molar-refractivity contribution < 1.29 is 0 Å². The van der Waals surface area contributed by atoms with Gasteiger partial charge in [-0.15, -0.1) is 0 Å². The smallest absolute Gasteiger partial charge is 0.000496 e. The van der Waals surface area contributed by atoms with Gasteiger partial charge in [0.05, 0.1) is 0 Å². The van der Waals surface area contributed by atoms with Crippen molar-refractivity contribution in [3.05, 3.63) is 61.2 Å². The van der Waals surface area contributed by atoms with Crippen molar-refractivity contribution >= 4 is 0 Å². The summed E-state index contributed by atoms with van der Waals surface area (Å²) in [5.41, 5.74) is 0. The van der Waals surface area contributed by atoms with Gasteiger partial charge in [0.15, 0.2) is 0 Å². The molecule has 0 aliphatic carbocycles. The van der Waals surface area contributed by atoms with Gasteiger partial charge in [-0.1, -0.05) is 12.2 Å². The third kappa shape index (κ3) is 4.17. The van der Waals surface area contributed by atoms with Crippen molar-refractivity contribution in [1.29, 1.82) is 0 Å². The SMILES string of the molecule is C1=CC=CNC=C1.c1cc[nH]c1. The van der Waals surface area contributed by atoms with E-state index in [1.165, 1.54) is 0 Å². The molecule has 0 spiro atoms. The summed E-state index contributed by atoms with van der Waals surface area (Å²) in [7, 11) is 0. The molecule has 0 amide bonds. The number of aromatic amines is 1. The molecular formula is C10H12N2. The molecule has 1 aliphatic rings. The maximum absolute atomic E-state index is 2.92. The maximum atomic E-state index is 2.92. The monoisotopic (exact) mass is 160 g/mol. The van der Waals surface area contributed by atoms with Gasteiger partial charge in [-0.2, -0.15) is 0 Å². The predicted octanol–water partition coefficient (Wildman–Crippen LogP) is 2.19. The lowest BCUT2D eigenvalue weighted by Crippen LogP contribution is -1.87. The van der Waals surface area contributed by atoms with Gasteiger partial charge in [0.1, 0.15) is 0 Å². The van der Waals surface area contributed by atoms with E-state index in [0.717, 1.165) is 0 Å². The van der Waals surface area contributed by atoms with Gasteiger partial charge < -0.3 is 10.3 Å². The van der Waals surface area contributed by atoms with Gasteiger partial charge in [-0.3, -0.25) is 0 Å². The zero-order valence-electron chi connectivity index (χ0n) is 6.77. The molecule has 0 aromatic carbocycles. The number of H-pyrrole nitrogens is 1. The van der Waals surface area contributed by atoms with E-state index < -0.39 is 0 Å². The second kappa shape index (κ2) is 6.04. The minimum atomic E-state index is 1.88. The molecule has 0 unspecified atom stereocenters. The lowest BCUT2D eigenvalue weighted by atomic mass is 10.5. The molecule has 0 saturated carbocycles. The number of rotatable bonds is 0. The Morgan fingerprint density at radius 3 is 1.67 bits per heavy atom. The van der Waals surface area contributed by atoms with Crippen LogP contribution in [0.5, 0.6) is 0 Å². The van der Waals surface area contributed by atoms with Crippen LogP contribution in [-0.4, -0.2) is 4.98 Å². The van der Waals surface area contributed by atoms with Crippen LogP contribution in [-0.2, 0) is 0 Å². The minimum absolute atomic E-state index is 1.88. The van der Waals surface area contributed by atoms with Crippen LogP contribution in [0.4, 0.5) is 0 Å². The molecular weight excluding hydrogens is 148 g/mol. The summed E-state index contributed by atoms with van der Waals surface area (Å²) in [5.74, 6) is 0. The van der Waals surface area contributed by atoms with Crippen molar-refractivity contribution in [3.8, 4) is 0 Å². The van der Waals surface area contributed by atoms with Crippen LogP contribution in [0.3, 0.4) is 0 Å². The van der Waals surface area contributed by atoms with Crippen LogP contribution in [0.2, 0.25) is 0 Å². The summed E-state index contributed by atoms with van der Waals surface area (Å²) >= 11 is 0. The first kappa shape index (κ1) is 8.40. The number of hydrogen-bond acceptors (Lipinski definition) is 1. The number of nitrogens with one attached hydrogen (secondary N) is 2. The summed E-state index contributed by atoms with van der Waals surface area (Å²) < 4.78 is 0. The number of aromatic nitrogens is 1. The van der Waals surface area contributed by atoms with E-state index in [0.29, 0.717) is 0 Å². The third-order valence-electron chi connectivity index (χ3n) is 1.21. The van der Waals surface area contributed by atoms with Crippen LogP contribution in [0.25, 0.3) is 0 Å². The molecule has 0 fully saturated rings. The molecule has 1 aromatic rings. The Bertz CT molecular complexity index is 224. The lowest BCUT2D eigenvalue weighted by Gasteiger charge is -1.79. The highest BCUT2D eigenvalue weighted by Crippen LogP contribution is 1.81. The molecule has 2 N–H and O–H groups in total. The molecule has 1 aromatic heterocycles. The standard InChI is InChI=1S/C6H7N.C4H5N/c1-2-4-6-7-5-3-1;1-2-4-5-3-1/h1-7H;1-5H. The molecule has 0 saturated heterocycles. The topological polar surface area (TPSA) is 27.8 Å². The van der Waals surface area contributed by atoms with Crippen LogP contribution in [0.1, 0.15) is 0 Å². The fourth-order valence-electron chi connectivity index (χ4n) is 0.684. The molecule has 2 nitrogen and oxygen atoms in total. The van der Waals surface area contributed by atoms with E-state index in [1.54, 1.807) is 0 Å². The first-order valence-electron chi connectivity index (χ1n) is 3.82. The van der Waals surface area contributed by atoms with Crippen molar-refractivity contribution in [1.82, 2.24) is 10.3 Å². The first-order chi connectivity index (χ1) is 6.00. The second-order valence-corrected chi connectivity index (χ2v) is 2.15. The van der Waals surface area contributed by atoms with Crippen LogP contribution < -0.4 is 5.32 Å². The van der Waals surface area contributed by atoms with Gasteiger partial charge in [-0.25, -0.2) is 0 Å². The normalized spacial score (nSPS) is 12.7. The maximum Gasteiger partial charge on any atom is 0.000496 e. The fraction of sp³-hybridized carbons (Fsp3) is 0. The Hall–Kier alpha value is -1.70. The third-order valence-corrected chi connectivity index (χ3v) is 1.21. The van der Waals surface area contributed by atoms with E-state index >= 15 is 0 Å². The largest absolute Gasteiger partial charge is 0.368 e. The molecule has 0 bridgehead atoms. The Morgan fingerprint density at radius 2 is 1.25 bits per heavy atom. The summed E-state index contributed by atoms with van der Waals surface area (Å²) in [5, 5.41) is 2.92. The number of hydrogen-bond donors (Lipinski definition) is 2. The van der Waals surface area contributed by atoms with Crippen LogP contribution in [0, 0.1) is 0 Å². The summed E-state index contributed by atoms with van der Waals surface area (Å²) in [6.45, 7) is 0. The Morgan fingerprint density at radius 1 is 0.667 bits per heavy atom. The van der Waals surface area contributed by atoms with Crippen molar-refractivity contribution in [2.24, 2.45) is 0 Å². The minimum Gasteiger partial charge on any atom is -0.368 e. The van der Waals surface area contributed by atoms with Gasteiger partial charge in [-0.05, 0) is 24.3 Å². The highest BCUT2D eigenvalue weighted by atomic mass is 14.8. The van der Waals surface area contributed by atoms with E-state index in [4.69, 9.17) is 0 Å². The predicted molar refractivity (Wildman–Crippen MR) is 51.3 cm³/mol. The highest BCUT2D eigenvalue weighted by Gasteiger charge is 1.67. The number of allylic oxidation sites excluding steroid dienone is 4. The Balaban J connectivity index is 0.000000127. The van der Waals surface area contributed by atoms with E-state index in [-0.39, 0.29) is 0 Å². The molecule has 12 heavy (non-hydrogen) atoms.